The van der Waals surface area contributed by atoms with E-state index in [1.165, 1.54) is 29.5 Å². The van der Waals surface area contributed by atoms with E-state index < -0.39 is 5.97 Å². The molecular formula is C30H35N5O4S. The zero-order valence-corrected chi connectivity index (χ0v) is 23.7. The third-order valence-corrected chi connectivity index (χ3v) is 9.47. The number of likely N-dealkylation sites (tertiary alicyclic amines) is 1. The fraction of sp³-hybridized carbons (Fsp3) is 0.500. The minimum absolute atomic E-state index is 0.106. The van der Waals surface area contributed by atoms with E-state index in [2.05, 4.69) is 33.9 Å². The standard InChI is InChI=1S/C30H35N5O4S/c1-2-22-4-3-10-35(22)18-26-29(21-5-6-25-20(14-21)9-13-39-25)33-28(40-26)15-24(36)23-16-32-27(17-31-23)34-11-7-19(8-12-34)30(37)38/h5-6,14,16-17,19,22H,2-4,7-13,15,18H2,1H3,(H,37,38)/t22-/m1/s1. The van der Waals surface area contributed by atoms with E-state index in [0.29, 0.717) is 43.5 Å². The number of aromatic nitrogens is 3. The quantitative estimate of drug-likeness (QED) is 0.374. The first kappa shape index (κ1) is 26.8. The lowest BCUT2D eigenvalue weighted by molar-refractivity contribution is -0.142. The zero-order valence-electron chi connectivity index (χ0n) is 22.8. The Labute approximate surface area is 238 Å². The van der Waals surface area contributed by atoms with Gasteiger partial charge in [0.15, 0.2) is 5.78 Å². The lowest BCUT2D eigenvalue weighted by Crippen LogP contribution is -2.36. The van der Waals surface area contributed by atoms with Crippen molar-refractivity contribution in [2.75, 3.05) is 31.1 Å². The lowest BCUT2D eigenvalue weighted by Gasteiger charge is -2.30. The summed E-state index contributed by atoms with van der Waals surface area (Å²) in [5.41, 5.74) is 3.58. The van der Waals surface area contributed by atoms with Crippen LogP contribution < -0.4 is 9.64 Å². The minimum atomic E-state index is -0.740. The van der Waals surface area contributed by atoms with Crippen LogP contribution in [0.3, 0.4) is 0 Å². The highest BCUT2D eigenvalue weighted by Gasteiger charge is 2.27. The highest BCUT2D eigenvalue weighted by atomic mass is 32.1. The molecule has 5 heterocycles. The van der Waals surface area contributed by atoms with Crippen molar-refractivity contribution in [3.8, 4) is 17.0 Å². The number of rotatable bonds is 9. The van der Waals surface area contributed by atoms with Crippen molar-refractivity contribution in [1.82, 2.24) is 19.9 Å². The van der Waals surface area contributed by atoms with Gasteiger partial charge in [-0.05, 0) is 62.4 Å². The van der Waals surface area contributed by atoms with Gasteiger partial charge in [0.25, 0.3) is 0 Å². The number of carboxylic acids is 1. The molecule has 6 rings (SSSR count). The van der Waals surface area contributed by atoms with Crippen molar-refractivity contribution >= 4 is 28.9 Å². The van der Waals surface area contributed by atoms with Crippen molar-refractivity contribution in [2.45, 2.75) is 64.5 Å². The summed E-state index contributed by atoms with van der Waals surface area (Å²) >= 11 is 1.63. The minimum Gasteiger partial charge on any atom is -0.493 e. The molecule has 2 saturated heterocycles. The van der Waals surface area contributed by atoms with Crippen LogP contribution in [0, 0.1) is 5.92 Å². The van der Waals surface area contributed by atoms with Crippen molar-refractivity contribution in [3.63, 3.8) is 0 Å². The summed E-state index contributed by atoms with van der Waals surface area (Å²) in [6.07, 6.45) is 9.01. The Morgan fingerprint density at radius 2 is 1.98 bits per heavy atom. The van der Waals surface area contributed by atoms with Gasteiger partial charge in [0, 0.05) is 42.5 Å². The van der Waals surface area contributed by atoms with Crippen molar-refractivity contribution in [1.29, 1.82) is 0 Å². The molecule has 0 amide bonds. The molecule has 1 aromatic carbocycles. The van der Waals surface area contributed by atoms with Crippen LogP contribution in [0.4, 0.5) is 5.82 Å². The molecule has 3 aliphatic heterocycles. The topological polar surface area (TPSA) is 109 Å². The van der Waals surface area contributed by atoms with Gasteiger partial charge in [-0.25, -0.2) is 15.0 Å². The summed E-state index contributed by atoms with van der Waals surface area (Å²) in [6, 6.07) is 6.91. The van der Waals surface area contributed by atoms with Gasteiger partial charge in [-0.3, -0.25) is 14.5 Å². The summed E-state index contributed by atoms with van der Waals surface area (Å²) in [4.78, 5) is 44.2. The number of carboxylic acid groups (broad SMARTS) is 1. The van der Waals surface area contributed by atoms with Gasteiger partial charge in [-0.15, -0.1) is 11.3 Å². The fourth-order valence-corrected chi connectivity index (χ4v) is 7.22. The molecule has 0 bridgehead atoms. The van der Waals surface area contributed by atoms with E-state index in [0.717, 1.165) is 54.6 Å². The van der Waals surface area contributed by atoms with E-state index in [9.17, 15) is 14.7 Å². The average Bonchev–Trinajstić information content (AvgIpc) is 3.73. The van der Waals surface area contributed by atoms with Crippen LogP contribution in [-0.2, 0) is 24.2 Å². The second-order valence-corrected chi connectivity index (χ2v) is 12.1. The number of thiazole rings is 1. The van der Waals surface area contributed by atoms with Crippen molar-refractivity contribution < 1.29 is 19.4 Å². The predicted octanol–water partition coefficient (Wildman–Crippen LogP) is 4.64. The molecule has 0 unspecified atom stereocenters. The molecule has 210 valence electrons. The number of ether oxygens (including phenoxy) is 1. The number of piperidine rings is 1. The summed E-state index contributed by atoms with van der Waals surface area (Å²) in [5, 5.41) is 10.0. The highest BCUT2D eigenvalue weighted by molar-refractivity contribution is 7.12. The lowest BCUT2D eigenvalue weighted by atomic mass is 9.97. The molecule has 1 N–H and O–H groups in total. The van der Waals surface area contributed by atoms with Crippen LogP contribution in [0.2, 0.25) is 0 Å². The maximum Gasteiger partial charge on any atom is 0.306 e. The van der Waals surface area contributed by atoms with Gasteiger partial charge >= 0.3 is 5.97 Å². The number of Topliss-reactive ketones (excluding diaryl/α,β-unsaturated/α-hetero) is 1. The predicted molar refractivity (Wildman–Crippen MR) is 153 cm³/mol. The molecule has 3 aromatic rings. The molecule has 10 heteroatoms. The second kappa shape index (κ2) is 11.6. The van der Waals surface area contributed by atoms with Crippen LogP contribution in [0.5, 0.6) is 5.75 Å². The van der Waals surface area contributed by atoms with Gasteiger partial charge < -0.3 is 14.7 Å². The Balaban J connectivity index is 1.19. The number of fused-ring (bicyclic) bond motifs is 1. The SMILES string of the molecule is CC[C@@H]1CCCN1Cc1sc(CC(=O)c2cnc(N3CCC(C(=O)O)CC3)cn2)nc1-c1ccc2c(c1)CCO2. The molecule has 40 heavy (non-hydrogen) atoms. The Morgan fingerprint density at radius 1 is 1.12 bits per heavy atom. The summed E-state index contributed by atoms with van der Waals surface area (Å²) < 4.78 is 5.71. The van der Waals surface area contributed by atoms with E-state index in [4.69, 9.17) is 9.72 Å². The van der Waals surface area contributed by atoms with Gasteiger partial charge in [0.05, 0.1) is 37.0 Å². The molecule has 1 atom stereocenters. The molecule has 2 aromatic heterocycles. The zero-order chi connectivity index (χ0) is 27.6. The van der Waals surface area contributed by atoms with Crippen LogP contribution in [0.15, 0.2) is 30.6 Å². The summed E-state index contributed by atoms with van der Waals surface area (Å²) in [6.45, 7) is 6.15. The fourth-order valence-electron chi connectivity index (χ4n) is 6.10. The molecule has 3 aliphatic rings. The van der Waals surface area contributed by atoms with Crippen LogP contribution in [0.25, 0.3) is 11.3 Å². The van der Waals surface area contributed by atoms with Crippen LogP contribution in [-0.4, -0.2) is 69.0 Å². The third-order valence-electron chi connectivity index (χ3n) is 8.43. The Kier molecular flexibility index (Phi) is 7.80. The van der Waals surface area contributed by atoms with Crippen molar-refractivity contribution in [3.05, 3.63) is 51.7 Å². The van der Waals surface area contributed by atoms with E-state index in [1.807, 2.05) is 11.0 Å². The molecule has 0 aliphatic carbocycles. The Morgan fingerprint density at radius 3 is 2.73 bits per heavy atom. The third kappa shape index (κ3) is 5.60. The number of carbonyl (C=O) groups excluding carboxylic acids is 1. The average molecular weight is 562 g/mol. The Bertz CT molecular complexity index is 1380. The molecule has 0 radical (unpaired) electrons. The molecule has 9 nitrogen and oxygen atoms in total. The summed E-state index contributed by atoms with van der Waals surface area (Å²) in [7, 11) is 0. The molecule has 2 fully saturated rings. The molecular weight excluding hydrogens is 526 g/mol. The number of ketones is 1. The van der Waals surface area contributed by atoms with Crippen LogP contribution in [0.1, 0.15) is 65.0 Å². The number of benzene rings is 1. The van der Waals surface area contributed by atoms with Crippen molar-refractivity contribution in [2.24, 2.45) is 5.92 Å². The second-order valence-electron chi connectivity index (χ2n) is 10.9. The monoisotopic (exact) mass is 561 g/mol. The first-order chi connectivity index (χ1) is 19.5. The normalized spacial score (nSPS) is 19.5. The van der Waals surface area contributed by atoms with Gasteiger partial charge in [-0.2, -0.15) is 0 Å². The maximum atomic E-state index is 13.2. The molecule has 0 spiro atoms. The Hall–Kier alpha value is -3.37. The van der Waals surface area contributed by atoms with Crippen LogP contribution >= 0.6 is 11.3 Å². The number of nitrogens with zero attached hydrogens (tertiary/aromatic N) is 5. The number of carbonyl (C=O) groups is 2. The number of hydrogen-bond donors (Lipinski definition) is 1. The van der Waals surface area contributed by atoms with E-state index in [-0.39, 0.29) is 18.1 Å². The number of aliphatic carboxylic acids is 1. The van der Waals surface area contributed by atoms with E-state index >= 15 is 0 Å². The first-order valence-corrected chi connectivity index (χ1v) is 15.1. The smallest absolute Gasteiger partial charge is 0.306 e. The highest BCUT2D eigenvalue weighted by Crippen LogP contribution is 2.36. The van der Waals surface area contributed by atoms with Gasteiger partial charge in [0.2, 0.25) is 0 Å². The van der Waals surface area contributed by atoms with Gasteiger partial charge in [0.1, 0.15) is 22.3 Å². The molecule has 0 saturated carbocycles. The first-order valence-electron chi connectivity index (χ1n) is 14.3. The maximum absolute atomic E-state index is 13.2. The summed E-state index contributed by atoms with van der Waals surface area (Å²) in [5.74, 6) is 0.480. The number of hydrogen-bond acceptors (Lipinski definition) is 9. The van der Waals surface area contributed by atoms with Gasteiger partial charge in [-0.1, -0.05) is 6.92 Å². The number of anilines is 1. The largest absolute Gasteiger partial charge is 0.493 e. The van der Waals surface area contributed by atoms with E-state index in [1.54, 1.807) is 17.5 Å².